The van der Waals surface area contributed by atoms with Crippen LogP contribution in [0.3, 0.4) is 0 Å². The van der Waals surface area contributed by atoms with Crippen LogP contribution in [-0.2, 0) is 36.1 Å². The van der Waals surface area contributed by atoms with E-state index in [4.69, 9.17) is 0 Å². The van der Waals surface area contributed by atoms with Gasteiger partial charge < -0.3 is 5.32 Å². The Bertz CT molecular complexity index is 1670. The zero-order valence-electron chi connectivity index (χ0n) is 23.5. The molecule has 0 saturated carbocycles. The van der Waals surface area contributed by atoms with Crippen LogP contribution < -0.4 is 5.32 Å². The van der Waals surface area contributed by atoms with E-state index in [1.165, 1.54) is 45.5 Å². The highest BCUT2D eigenvalue weighted by molar-refractivity contribution is 7.89. The zero-order chi connectivity index (χ0) is 29.0. The Morgan fingerprint density at radius 1 is 1.00 bits per heavy atom. The first-order chi connectivity index (χ1) is 19.8. The third-order valence-corrected chi connectivity index (χ3v) is 10.4. The number of nitrogens with zero attached hydrogens (tertiary/aromatic N) is 3. The number of fused-ring (bicyclic) bond motifs is 1. The monoisotopic (exact) mass is 620 g/mol. The van der Waals surface area contributed by atoms with Crippen molar-refractivity contribution in [2.24, 2.45) is 0 Å². The first-order valence-electron chi connectivity index (χ1n) is 13.5. The average Bonchev–Trinajstić information content (AvgIpc) is 3.32. The number of nitrogens with one attached hydrogen (secondary N) is 1. The lowest BCUT2D eigenvalue weighted by molar-refractivity contribution is 0.102. The van der Waals surface area contributed by atoms with E-state index in [0.29, 0.717) is 16.1 Å². The fourth-order valence-corrected chi connectivity index (χ4v) is 7.90. The van der Waals surface area contributed by atoms with Crippen molar-refractivity contribution in [3.63, 3.8) is 0 Å². The molecule has 0 fully saturated rings. The Kier molecular flexibility index (Phi) is 10.2. The van der Waals surface area contributed by atoms with Gasteiger partial charge in [-0.2, -0.15) is 9.57 Å². The number of benzene rings is 3. The van der Waals surface area contributed by atoms with E-state index in [-0.39, 0.29) is 35.8 Å². The van der Waals surface area contributed by atoms with Gasteiger partial charge in [-0.25, -0.2) is 8.42 Å². The summed E-state index contributed by atoms with van der Waals surface area (Å²) < 4.78 is 28.4. The topological polar surface area (TPSA) is 93.5 Å². The maximum atomic E-state index is 13.5. The lowest BCUT2D eigenvalue weighted by Crippen LogP contribution is -2.36. The highest BCUT2D eigenvalue weighted by atomic mass is 35.5. The summed E-state index contributed by atoms with van der Waals surface area (Å²) in [7, 11) is -3.78. The van der Waals surface area contributed by atoms with Crippen LogP contribution in [0.4, 0.5) is 5.00 Å². The van der Waals surface area contributed by atoms with E-state index in [1.807, 2.05) is 62.4 Å². The Labute approximate surface area is 257 Å². The summed E-state index contributed by atoms with van der Waals surface area (Å²) in [6.07, 6.45) is 0.749. The molecule has 1 aromatic heterocycles. The van der Waals surface area contributed by atoms with Gasteiger partial charge in [-0.1, -0.05) is 60.7 Å². The molecule has 2 heterocycles. The molecule has 0 saturated heterocycles. The van der Waals surface area contributed by atoms with E-state index >= 15 is 0 Å². The molecule has 0 bridgehead atoms. The molecule has 0 spiro atoms. The van der Waals surface area contributed by atoms with Crippen LogP contribution in [-0.4, -0.2) is 36.1 Å². The van der Waals surface area contributed by atoms with Gasteiger partial charge in [0.15, 0.2) is 0 Å². The highest BCUT2D eigenvalue weighted by Gasteiger charge is 2.28. The number of nitriles is 1. The standard InChI is InChI=1S/C32H32N4O3S2.ClH/c1-23(2)36(21-25-11-7-4-8-12-25)41(38,39)27-15-13-26(14-16-27)31(37)34-32-29(19-33)28-17-18-35(22-30(28)40-32)20-24-9-5-3-6-10-24;/h3-16,23H,17-18,20-22H2,1-2H3,(H,34,37);1H. The van der Waals surface area contributed by atoms with E-state index in [0.717, 1.165) is 42.1 Å². The molecule has 218 valence electrons. The van der Waals surface area contributed by atoms with E-state index < -0.39 is 10.0 Å². The summed E-state index contributed by atoms with van der Waals surface area (Å²) in [6, 6.07) is 27.8. The summed E-state index contributed by atoms with van der Waals surface area (Å²) in [6.45, 7) is 6.34. The first-order valence-corrected chi connectivity index (χ1v) is 15.8. The molecule has 1 amide bonds. The predicted molar refractivity (Wildman–Crippen MR) is 169 cm³/mol. The van der Waals surface area contributed by atoms with Crippen LogP contribution in [0.25, 0.3) is 0 Å². The third kappa shape index (κ3) is 6.92. The van der Waals surface area contributed by atoms with Gasteiger partial charge in [-0.05, 0) is 61.2 Å². The molecule has 3 aromatic carbocycles. The van der Waals surface area contributed by atoms with Gasteiger partial charge in [-0.3, -0.25) is 9.69 Å². The number of rotatable bonds is 9. The van der Waals surface area contributed by atoms with Crippen LogP contribution in [0.5, 0.6) is 0 Å². The first kappa shape index (κ1) is 31.4. The minimum atomic E-state index is -3.78. The van der Waals surface area contributed by atoms with E-state index in [9.17, 15) is 18.5 Å². The van der Waals surface area contributed by atoms with Crippen molar-refractivity contribution in [3.8, 4) is 6.07 Å². The number of anilines is 1. The minimum absolute atomic E-state index is 0. The maximum absolute atomic E-state index is 13.5. The normalized spacial score (nSPS) is 13.3. The number of halogens is 1. The van der Waals surface area contributed by atoms with Crippen molar-refractivity contribution in [2.75, 3.05) is 11.9 Å². The molecule has 0 atom stereocenters. The number of hydrogen-bond acceptors (Lipinski definition) is 6. The lowest BCUT2D eigenvalue weighted by atomic mass is 10.0. The van der Waals surface area contributed by atoms with Gasteiger partial charge in [0.1, 0.15) is 11.1 Å². The van der Waals surface area contributed by atoms with E-state index in [2.05, 4.69) is 28.4 Å². The second-order valence-electron chi connectivity index (χ2n) is 10.4. The van der Waals surface area contributed by atoms with Crippen molar-refractivity contribution in [3.05, 3.63) is 118 Å². The summed E-state index contributed by atoms with van der Waals surface area (Å²) in [4.78, 5) is 16.7. The predicted octanol–water partition coefficient (Wildman–Crippen LogP) is 6.45. The smallest absolute Gasteiger partial charge is 0.256 e. The largest absolute Gasteiger partial charge is 0.312 e. The zero-order valence-corrected chi connectivity index (χ0v) is 25.9. The lowest BCUT2D eigenvalue weighted by Gasteiger charge is -2.26. The maximum Gasteiger partial charge on any atom is 0.256 e. The summed E-state index contributed by atoms with van der Waals surface area (Å²) in [5.41, 5.74) is 3.99. The Hall–Kier alpha value is -3.52. The second-order valence-corrected chi connectivity index (χ2v) is 13.4. The molecular formula is C32H33ClN4O3S2. The highest BCUT2D eigenvalue weighted by Crippen LogP contribution is 2.37. The van der Waals surface area contributed by atoms with Gasteiger partial charge in [0.25, 0.3) is 5.91 Å². The number of sulfonamides is 1. The Morgan fingerprint density at radius 3 is 2.21 bits per heavy atom. The molecular weight excluding hydrogens is 588 g/mol. The van der Waals surface area contributed by atoms with Gasteiger partial charge in [0, 0.05) is 42.7 Å². The second kappa shape index (κ2) is 13.6. The molecule has 1 N–H and O–H groups in total. The molecule has 0 radical (unpaired) electrons. The molecule has 1 aliphatic rings. The van der Waals surface area contributed by atoms with Gasteiger partial charge in [-0.15, -0.1) is 23.7 Å². The van der Waals surface area contributed by atoms with Crippen LogP contribution in [0.1, 0.15) is 51.3 Å². The van der Waals surface area contributed by atoms with Crippen LogP contribution in [0, 0.1) is 11.3 Å². The number of carbonyl (C=O) groups excluding carboxylic acids is 1. The van der Waals surface area contributed by atoms with Crippen LogP contribution >= 0.6 is 23.7 Å². The third-order valence-electron chi connectivity index (χ3n) is 7.20. The molecule has 4 aromatic rings. The van der Waals surface area contributed by atoms with Crippen LogP contribution in [0.15, 0.2) is 89.8 Å². The van der Waals surface area contributed by atoms with Crippen molar-refractivity contribution in [1.82, 2.24) is 9.21 Å². The fourth-order valence-electron chi connectivity index (χ4n) is 5.04. The van der Waals surface area contributed by atoms with E-state index in [1.54, 1.807) is 0 Å². The van der Waals surface area contributed by atoms with Gasteiger partial charge in [0.2, 0.25) is 10.0 Å². The number of amides is 1. The molecule has 0 aliphatic carbocycles. The number of carbonyl (C=O) groups is 1. The summed E-state index contributed by atoms with van der Waals surface area (Å²) >= 11 is 1.44. The quantitative estimate of drug-likeness (QED) is 0.232. The molecule has 7 nitrogen and oxygen atoms in total. The molecule has 1 aliphatic heterocycles. The minimum Gasteiger partial charge on any atom is -0.312 e. The summed E-state index contributed by atoms with van der Waals surface area (Å²) in [5, 5.41) is 13.3. The number of thiophene rings is 1. The van der Waals surface area contributed by atoms with Crippen LogP contribution in [0.2, 0.25) is 0 Å². The van der Waals surface area contributed by atoms with Crippen molar-refractivity contribution >= 4 is 44.7 Å². The average molecular weight is 621 g/mol. The fraction of sp³-hybridized carbons (Fsp3) is 0.250. The van der Waals surface area contributed by atoms with Gasteiger partial charge in [0.05, 0.1) is 10.5 Å². The van der Waals surface area contributed by atoms with Crippen molar-refractivity contribution < 1.29 is 13.2 Å². The number of hydrogen-bond donors (Lipinski definition) is 1. The Balaban J connectivity index is 0.00000405. The Morgan fingerprint density at radius 2 is 1.62 bits per heavy atom. The molecule has 5 rings (SSSR count). The van der Waals surface area contributed by atoms with Gasteiger partial charge >= 0.3 is 0 Å². The van der Waals surface area contributed by atoms with Crippen molar-refractivity contribution in [2.45, 2.75) is 50.8 Å². The van der Waals surface area contributed by atoms with Crippen molar-refractivity contribution in [1.29, 1.82) is 5.26 Å². The molecule has 10 heteroatoms. The summed E-state index contributed by atoms with van der Waals surface area (Å²) in [5.74, 6) is -0.379. The SMILES string of the molecule is CC(C)N(Cc1ccccc1)S(=O)(=O)c1ccc(C(=O)Nc2sc3c(c2C#N)CCN(Cc2ccccc2)C3)cc1.Cl. The molecule has 42 heavy (non-hydrogen) atoms. The molecule has 0 unspecified atom stereocenters.